The third kappa shape index (κ3) is 1.99. The average molecular weight is 273 g/mol. The maximum Gasteiger partial charge on any atom is 0.231 e. The third-order valence-electron chi connectivity index (χ3n) is 3.94. The lowest BCUT2D eigenvalue weighted by Crippen LogP contribution is -2.04. The number of aromatic amines is 1. The minimum absolute atomic E-state index is 0.273. The van der Waals surface area contributed by atoms with Gasteiger partial charge in [-0.2, -0.15) is 5.10 Å². The Morgan fingerprint density at radius 3 is 2.70 bits per heavy atom. The number of nitrogen functional groups attached to an aromatic ring is 1. The van der Waals surface area contributed by atoms with E-state index in [1.807, 2.05) is 18.2 Å². The van der Waals surface area contributed by atoms with Gasteiger partial charge in [0.1, 0.15) is 0 Å². The maximum absolute atomic E-state index is 6.04. The van der Waals surface area contributed by atoms with Gasteiger partial charge in [-0.1, -0.05) is 26.8 Å². The lowest BCUT2D eigenvalue weighted by atomic mass is 9.90. The van der Waals surface area contributed by atoms with Gasteiger partial charge < -0.3 is 15.2 Å². The highest BCUT2D eigenvalue weighted by atomic mass is 16.7. The van der Waals surface area contributed by atoms with Gasteiger partial charge in [0.2, 0.25) is 6.79 Å². The van der Waals surface area contributed by atoms with Crippen molar-refractivity contribution in [2.75, 3.05) is 12.5 Å². The van der Waals surface area contributed by atoms with E-state index in [1.165, 1.54) is 0 Å². The summed E-state index contributed by atoms with van der Waals surface area (Å²) in [4.78, 5) is 0. The van der Waals surface area contributed by atoms with Crippen molar-refractivity contribution in [3.63, 3.8) is 0 Å². The molecular weight excluding hydrogens is 254 g/mol. The summed E-state index contributed by atoms with van der Waals surface area (Å²) in [6.45, 7) is 6.82. The first-order chi connectivity index (χ1) is 9.58. The van der Waals surface area contributed by atoms with Crippen molar-refractivity contribution < 1.29 is 9.47 Å². The second kappa shape index (κ2) is 4.74. The van der Waals surface area contributed by atoms with Crippen LogP contribution < -0.4 is 15.2 Å². The minimum atomic E-state index is 0.273. The second-order valence-corrected chi connectivity index (χ2v) is 5.50. The van der Waals surface area contributed by atoms with Gasteiger partial charge in [-0.15, -0.1) is 0 Å². The molecule has 3 rings (SSSR count). The fourth-order valence-corrected chi connectivity index (χ4v) is 2.39. The van der Waals surface area contributed by atoms with Crippen LogP contribution in [0.1, 0.15) is 32.4 Å². The van der Waals surface area contributed by atoms with E-state index in [4.69, 9.17) is 15.2 Å². The van der Waals surface area contributed by atoms with Crippen LogP contribution in [0.4, 0.5) is 5.82 Å². The Balaban J connectivity index is 2.08. The zero-order valence-electron chi connectivity index (χ0n) is 11.9. The van der Waals surface area contributed by atoms with Crippen LogP contribution in [0.3, 0.4) is 0 Å². The molecular formula is C15H19N3O2. The number of fused-ring (bicyclic) bond motifs is 1. The molecule has 1 aromatic carbocycles. The third-order valence-corrected chi connectivity index (χ3v) is 3.94. The van der Waals surface area contributed by atoms with E-state index in [0.29, 0.717) is 17.7 Å². The molecule has 3 N–H and O–H groups in total. The van der Waals surface area contributed by atoms with Crippen molar-refractivity contribution >= 4 is 5.82 Å². The molecule has 0 radical (unpaired) electrons. The molecule has 5 heteroatoms. The Morgan fingerprint density at radius 1 is 1.20 bits per heavy atom. The molecule has 5 nitrogen and oxygen atoms in total. The van der Waals surface area contributed by atoms with Gasteiger partial charge in [-0.05, 0) is 23.6 Å². The lowest BCUT2D eigenvalue weighted by Gasteiger charge is -2.16. The summed E-state index contributed by atoms with van der Waals surface area (Å²) in [6, 6.07) is 5.86. The quantitative estimate of drug-likeness (QED) is 0.901. The van der Waals surface area contributed by atoms with Crippen LogP contribution in [0, 0.1) is 5.92 Å². The summed E-state index contributed by atoms with van der Waals surface area (Å²) < 4.78 is 10.8. The standard InChI is InChI=1S/C15H19N3O2/c1-8(2)9(3)14-13(15(16)18-17-14)10-4-5-11-12(6-10)20-7-19-11/h4-6,8-9H,7H2,1-3H3,(H3,16,17,18). The van der Waals surface area contributed by atoms with Crippen LogP contribution in [-0.2, 0) is 0 Å². The molecule has 0 saturated heterocycles. The Morgan fingerprint density at radius 2 is 1.95 bits per heavy atom. The molecule has 106 valence electrons. The van der Waals surface area contributed by atoms with Gasteiger partial charge in [0.15, 0.2) is 17.3 Å². The minimum Gasteiger partial charge on any atom is -0.454 e. The summed E-state index contributed by atoms with van der Waals surface area (Å²) in [5, 5.41) is 7.24. The van der Waals surface area contributed by atoms with Gasteiger partial charge >= 0.3 is 0 Å². The van der Waals surface area contributed by atoms with Crippen LogP contribution in [0.25, 0.3) is 11.1 Å². The number of hydrogen-bond acceptors (Lipinski definition) is 4. The van der Waals surface area contributed by atoms with Gasteiger partial charge in [0, 0.05) is 17.2 Å². The molecule has 2 aromatic rings. The summed E-state index contributed by atoms with van der Waals surface area (Å²) in [7, 11) is 0. The van der Waals surface area contributed by atoms with Crippen molar-refractivity contribution in [1.29, 1.82) is 0 Å². The summed E-state index contributed by atoms with van der Waals surface area (Å²) in [6.07, 6.45) is 0. The number of aromatic nitrogens is 2. The topological polar surface area (TPSA) is 73.2 Å². The number of hydrogen-bond donors (Lipinski definition) is 2. The first kappa shape index (κ1) is 12.8. The molecule has 0 aliphatic carbocycles. The highest BCUT2D eigenvalue weighted by molar-refractivity contribution is 5.78. The molecule has 2 heterocycles. The molecule has 1 aliphatic heterocycles. The van der Waals surface area contributed by atoms with E-state index < -0.39 is 0 Å². The Kier molecular flexibility index (Phi) is 3.04. The van der Waals surface area contributed by atoms with E-state index in [0.717, 1.165) is 28.3 Å². The molecule has 0 bridgehead atoms. The Labute approximate surface area is 118 Å². The van der Waals surface area contributed by atoms with Gasteiger partial charge in [0.05, 0.1) is 0 Å². The van der Waals surface area contributed by atoms with Crippen molar-refractivity contribution in [2.45, 2.75) is 26.7 Å². The molecule has 0 fully saturated rings. The fourth-order valence-electron chi connectivity index (χ4n) is 2.39. The van der Waals surface area contributed by atoms with Crippen LogP contribution in [0.15, 0.2) is 18.2 Å². The van der Waals surface area contributed by atoms with E-state index in [2.05, 4.69) is 31.0 Å². The smallest absolute Gasteiger partial charge is 0.231 e. The van der Waals surface area contributed by atoms with Gasteiger partial charge in [-0.3, -0.25) is 5.10 Å². The Bertz CT molecular complexity index is 634. The lowest BCUT2D eigenvalue weighted by molar-refractivity contribution is 0.174. The SMILES string of the molecule is CC(C)C(C)c1[nH]nc(N)c1-c1ccc2c(c1)OCO2. The number of nitrogens with zero attached hydrogens (tertiary/aromatic N) is 1. The van der Waals surface area contributed by atoms with E-state index >= 15 is 0 Å². The van der Waals surface area contributed by atoms with E-state index in [9.17, 15) is 0 Å². The Hall–Kier alpha value is -2.17. The number of H-pyrrole nitrogens is 1. The molecule has 0 amide bonds. The van der Waals surface area contributed by atoms with Crippen molar-refractivity contribution in [3.05, 3.63) is 23.9 Å². The second-order valence-electron chi connectivity index (χ2n) is 5.50. The van der Waals surface area contributed by atoms with Crippen LogP contribution in [0.2, 0.25) is 0 Å². The molecule has 0 saturated carbocycles. The number of nitrogens with one attached hydrogen (secondary N) is 1. The predicted octanol–water partition coefficient (Wildman–Crippen LogP) is 3.15. The first-order valence-electron chi connectivity index (χ1n) is 6.81. The van der Waals surface area contributed by atoms with Crippen LogP contribution >= 0.6 is 0 Å². The molecule has 1 aliphatic rings. The molecule has 1 aromatic heterocycles. The largest absolute Gasteiger partial charge is 0.454 e. The number of nitrogens with two attached hydrogens (primary N) is 1. The zero-order chi connectivity index (χ0) is 14.3. The first-order valence-corrected chi connectivity index (χ1v) is 6.81. The van der Waals surface area contributed by atoms with Gasteiger partial charge in [0.25, 0.3) is 0 Å². The fraction of sp³-hybridized carbons (Fsp3) is 0.400. The molecule has 1 unspecified atom stereocenters. The molecule has 1 atom stereocenters. The molecule has 0 spiro atoms. The number of benzene rings is 1. The summed E-state index contributed by atoms with van der Waals surface area (Å²) in [5.41, 5.74) is 9.07. The average Bonchev–Trinajstić information content (AvgIpc) is 3.02. The number of anilines is 1. The van der Waals surface area contributed by atoms with Crippen molar-refractivity contribution in [3.8, 4) is 22.6 Å². The van der Waals surface area contributed by atoms with Crippen molar-refractivity contribution in [2.24, 2.45) is 5.92 Å². The zero-order valence-corrected chi connectivity index (χ0v) is 11.9. The summed E-state index contributed by atoms with van der Waals surface area (Å²) in [5.74, 6) is 2.90. The van der Waals surface area contributed by atoms with Crippen molar-refractivity contribution in [1.82, 2.24) is 10.2 Å². The highest BCUT2D eigenvalue weighted by Gasteiger charge is 2.22. The number of ether oxygens (including phenoxy) is 2. The van der Waals surface area contributed by atoms with Crippen LogP contribution in [-0.4, -0.2) is 17.0 Å². The normalized spacial score (nSPS) is 14.8. The molecule has 20 heavy (non-hydrogen) atoms. The predicted molar refractivity (Wildman–Crippen MR) is 77.8 cm³/mol. The monoisotopic (exact) mass is 273 g/mol. The van der Waals surface area contributed by atoms with E-state index in [1.54, 1.807) is 0 Å². The maximum atomic E-state index is 6.04. The van der Waals surface area contributed by atoms with Crippen LogP contribution in [0.5, 0.6) is 11.5 Å². The van der Waals surface area contributed by atoms with E-state index in [-0.39, 0.29) is 6.79 Å². The van der Waals surface area contributed by atoms with Gasteiger partial charge in [-0.25, -0.2) is 0 Å². The highest BCUT2D eigenvalue weighted by Crippen LogP contribution is 2.40. The number of rotatable bonds is 3. The summed E-state index contributed by atoms with van der Waals surface area (Å²) >= 11 is 0.